The largest absolute Gasteiger partial charge is 0.492 e. The van der Waals surface area contributed by atoms with Gasteiger partial charge in [-0.25, -0.2) is 0 Å². The van der Waals surface area contributed by atoms with Crippen LogP contribution in [-0.2, 0) is 6.54 Å². The van der Waals surface area contributed by atoms with E-state index in [1.54, 1.807) is 12.5 Å². The molecule has 0 aliphatic rings. The molecule has 0 radical (unpaired) electrons. The highest BCUT2D eigenvalue weighted by atomic mass is 35.5. The number of rotatable bonds is 6. The lowest BCUT2D eigenvalue weighted by atomic mass is 10.3. The fourth-order valence-corrected chi connectivity index (χ4v) is 1.52. The van der Waals surface area contributed by atoms with Crippen LogP contribution >= 0.6 is 11.6 Å². The van der Waals surface area contributed by atoms with Gasteiger partial charge < -0.3 is 14.5 Å². The Kier molecular flexibility index (Phi) is 4.47. The van der Waals surface area contributed by atoms with Gasteiger partial charge in [0.05, 0.1) is 12.5 Å². The summed E-state index contributed by atoms with van der Waals surface area (Å²) < 4.78 is 10.5. The second-order valence-electron chi connectivity index (χ2n) is 3.61. The first-order valence-corrected chi connectivity index (χ1v) is 5.82. The van der Waals surface area contributed by atoms with Crippen LogP contribution in [0.5, 0.6) is 5.75 Å². The predicted octanol–water partition coefficient (Wildman–Crippen LogP) is 3.10. The highest BCUT2D eigenvalue weighted by molar-refractivity contribution is 6.30. The highest BCUT2D eigenvalue weighted by Gasteiger charge is 1.95. The molecule has 2 rings (SSSR count). The third-order valence-corrected chi connectivity index (χ3v) is 2.52. The van der Waals surface area contributed by atoms with Gasteiger partial charge in [0, 0.05) is 23.7 Å². The lowest BCUT2D eigenvalue weighted by Gasteiger charge is -2.06. The lowest BCUT2D eigenvalue weighted by molar-refractivity contribution is 0.313. The van der Waals surface area contributed by atoms with E-state index >= 15 is 0 Å². The van der Waals surface area contributed by atoms with E-state index in [1.807, 2.05) is 30.3 Å². The summed E-state index contributed by atoms with van der Waals surface area (Å²) in [7, 11) is 0. The molecule has 4 heteroatoms. The van der Waals surface area contributed by atoms with Crippen LogP contribution in [0.3, 0.4) is 0 Å². The van der Waals surface area contributed by atoms with E-state index in [1.165, 1.54) is 0 Å². The number of hydrogen-bond donors (Lipinski definition) is 1. The molecule has 0 saturated carbocycles. The molecule has 0 amide bonds. The maximum Gasteiger partial charge on any atom is 0.119 e. The third-order valence-electron chi connectivity index (χ3n) is 2.27. The highest BCUT2D eigenvalue weighted by Crippen LogP contribution is 2.15. The minimum Gasteiger partial charge on any atom is -0.492 e. The molecule has 3 nitrogen and oxygen atoms in total. The minimum atomic E-state index is 0.624. The van der Waals surface area contributed by atoms with Gasteiger partial charge in [-0.1, -0.05) is 11.6 Å². The minimum absolute atomic E-state index is 0.624. The number of nitrogens with one attached hydrogen (secondary N) is 1. The van der Waals surface area contributed by atoms with E-state index < -0.39 is 0 Å². The molecule has 0 unspecified atom stereocenters. The molecule has 2 aromatic rings. The van der Waals surface area contributed by atoms with Crippen molar-refractivity contribution in [2.45, 2.75) is 6.54 Å². The van der Waals surface area contributed by atoms with E-state index in [-0.39, 0.29) is 0 Å². The number of ether oxygens (including phenoxy) is 1. The number of furan rings is 1. The van der Waals surface area contributed by atoms with Gasteiger partial charge in [0.2, 0.25) is 0 Å². The summed E-state index contributed by atoms with van der Waals surface area (Å²) in [5, 5.41) is 3.98. The zero-order valence-electron chi connectivity index (χ0n) is 9.36. The Morgan fingerprint density at radius 1 is 1.18 bits per heavy atom. The molecular formula is C13H14ClNO2. The molecule has 0 atom stereocenters. The first kappa shape index (κ1) is 12.0. The van der Waals surface area contributed by atoms with Crippen LogP contribution in [0.15, 0.2) is 47.3 Å². The molecule has 0 aliphatic carbocycles. The van der Waals surface area contributed by atoms with Gasteiger partial charge in [-0.2, -0.15) is 0 Å². The van der Waals surface area contributed by atoms with Crippen molar-refractivity contribution in [1.29, 1.82) is 0 Å². The predicted molar refractivity (Wildman–Crippen MR) is 67.4 cm³/mol. The molecule has 1 N–H and O–H groups in total. The van der Waals surface area contributed by atoms with Gasteiger partial charge in [-0.3, -0.25) is 0 Å². The maximum atomic E-state index is 5.78. The van der Waals surface area contributed by atoms with Gasteiger partial charge in [0.15, 0.2) is 0 Å². The van der Waals surface area contributed by atoms with Gasteiger partial charge >= 0.3 is 0 Å². The topological polar surface area (TPSA) is 34.4 Å². The fraction of sp³-hybridized carbons (Fsp3) is 0.231. The van der Waals surface area contributed by atoms with Crippen LogP contribution in [0.25, 0.3) is 0 Å². The Hall–Kier alpha value is -1.45. The van der Waals surface area contributed by atoms with Gasteiger partial charge in [0.25, 0.3) is 0 Å². The molecule has 1 aromatic carbocycles. The average molecular weight is 252 g/mol. The second-order valence-corrected chi connectivity index (χ2v) is 4.05. The summed E-state index contributed by atoms with van der Waals surface area (Å²) >= 11 is 5.78. The van der Waals surface area contributed by atoms with E-state index in [4.69, 9.17) is 20.8 Å². The Labute approximate surface area is 105 Å². The Bertz CT molecular complexity index is 425. The van der Waals surface area contributed by atoms with E-state index in [9.17, 15) is 0 Å². The van der Waals surface area contributed by atoms with Crippen molar-refractivity contribution in [3.05, 3.63) is 53.4 Å². The van der Waals surface area contributed by atoms with Crippen molar-refractivity contribution in [2.75, 3.05) is 13.2 Å². The Morgan fingerprint density at radius 3 is 2.71 bits per heavy atom. The van der Waals surface area contributed by atoms with Crippen molar-refractivity contribution >= 4 is 11.6 Å². The van der Waals surface area contributed by atoms with Crippen LogP contribution < -0.4 is 10.1 Å². The van der Waals surface area contributed by atoms with E-state index in [0.29, 0.717) is 6.61 Å². The summed E-state index contributed by atoms with van der Waals surface area (Å²) in [6, 6.07) is 9.29. The third kappa shape index (κ3) is 4.13. The summed E-state index contributed by atoms with van der Waals surface area (Å²) in [5.74, 6) is 0.833. The van der Waals surface area contributed by atoms with Crippen LogP contribution in [0.1, 0.15) is 5.56 Å². The van der Waals surface area contributed by atoms with Gasteiger partial charge in [-0.15, -0.1) is 0 Å². The van der Waals surface area contributed by atoms with Crippen molar-refractivity contribution in [3.8, 4) is 5.75 Å². The fourth-order valence-electron chi connectivity index (χ4n) is 1.40. The maximum absolute atomic E-state index is 5.78. The molecule has 90 valence electrons. The first-order chi connectivity index (χ1) is 8.34. The number of halogens is 1. The molecule has 0 aliphatic heterocycles. The molecule has 0 spiro atoms. The van der Waals surface area contributed by atoms with Crippen molar-refractivity contribution < 1.29 is 9.15 Å². The van der Waals surface area contributed by atoms with Crippen LogP contribution in [0, 0.1) is 0 Å². The standard InChI is InChI=1S/C13H14ClNO2/c14-12-1-3-13(4-2-12)17-8-6-15-9-11-5-7-16-10-11/h1-5,7,10,15H,6,8-9H2. The monoisotopic (exact) mass is 251 g/mol. The molecule has 0 bridgehead atoms. The van der Waals surface area contributed by atoms with Crippen LogP contribution in [0.2, 0.25) is 5.02 Å². The van der Waals surface area contributed by atoms with Gasteiger partial charge in [0.1, 0.15) is 12.4 Å². The summed E-state index contributed by atoms with van der Waals surface area (Å²) in [6.07, 6.45) is 3.40. The lowest BCUT2D eigenvalue weighted by Crippen LogP contribution is -2.20. The summed E-state index contributed by atoms with van der Waals surface area (Å²) in [6.45, 7) is 2.20. The van der Waals surface area contributed by atoms with Crippen molar-refractivity contribution in [2.24, 2.45) is 0 Å². The molecule has 0 saturated heterocycles. The van der Waals surface area contributed by atoms with Crippen molar-refractivity contribution in [3.63, 3.8) is 0 Å². The molecule has 1 heterocycles. The average Bonchev–Trinajstić information content (AvgIpc) is 2.84. The summed E-state index contributed by atoms with van der Waals surface area (Å²) in [5.41, 5.74) is 1.14. The van der Waals surface area contributed by atoms with Crippen molar-refractivity contribution in [1.82, 2.24) is 5.32 Å². The molecule has 0 fully saturated rings. The quantitative estimate of drug-likeness (QED) is 0.801. The Morgan fingerprint density at radius 2 is 2.00 bits per heavy atom. The summed E-state index contributed by atoms with van der Waals surface area (Å²) in [4.78, 5) is 0. The smallest absolute Gasteiger partial charge is 0.119 e. The van der Waals surface area contributed by atoms with E-state index in [2.05, 4.69) is 5.32 Å². The number of benzene rings is 1. The first-order valence-electron chi connectivity index (χ1n) is 5.45. The Balaban J connectivity index is 1.61. The van der Waals surface area contributed by atoms with E-state index in [0.717, 1.165) is 29.4 Å². The molecular weight excluding hydrogens is 238 g/mol. The zero-order chi connectivity index (χ0) is 11.9. The van der Waals surface area contributed by atoms with Gasteiger partial charge in [-0.05, 0) is 30.3 Å². The van der Waals surface area contributed by atoms with Crippen LogP contribution in [-0.4, -0.2) is 13.2 Å². The molecule has 1 aromatic heterocycles. The zero-order valence-corrected chi connectivity index (χ0v) is 10.1. The van der Waals surface area contributed by atoms with Crippen LogP contribution in [0.4, 0.5) is 0 Å². The number of hydrogen-bond acceptors (Lipinski definition) is 3. The second kappa shape index (κ2) is 6.33. The molecule has 17 heavy (non-hydrogen) atoms. The normalized spacial score (nSPS) is 10.4. The SMILES string of the molecule is Clc1ccc(OCCNCc2ccoc2)cc1.